The summed E-state index contributed by atoms with van der Waals surface area (Å²) < 4.78 is 35.2. The molecule has 0 bridgehead atoms. The van der Waals surface area contributed by atoms with Crippen molar-refractivity contribution in [2.45, 2.75) is 11.3 Å². The minimum absolute atomic E-state index is 0.0596. The molecule has 1 rings (SSSR count). The zero-order chi connectivity index (χ0) is 10.8. The topological polar surface area (TPSA) is 57.9 Å². The minimum atomic E-state index is -3.38. The highest BCUT2D eigenvalue weighted by atomic mass is 32.2. The highest BCUT2D eigenvalue weighted by Crippen LogP contribution is 2.14. The van der Waals surface area contributed by atoms with Crippen LogP contribution in [0.4, 0.5) is 4.39 Å². The molecule has 0 radical (unpaired) electrons. The molecule has 0 N–H and O–H groups in total. The van der Waals surface area contributed by atoms with Gasteiger partial charge in [0.05, 0.1) is 17.4 Å². The Morgan fingerprint density at radius 1 is 1.50 bits per heavy atom. The van der Waals surface area contributed by atoms with E-state index in [9.17, 15) is 12.8 Å². The van der Waals surface area contributed by atoms with Gasteiger partial charge in [-0.2, -0.15) is 5.26 Å². The summed E-state index contributed by atoms with van der Waals surface area (Å²) in [5, 5.41) is 8.34. The highest BCUT2D eigenvalue weighted by Gasteiger charge is 2.10. The van der Waals surface area contributed by atoms with Crippen molar-refractivity contribution in [3.63, 3.8) is 0 Å². The number of hydrogen-bond acceptors (Lipinski definition) is 3. The Labute approximate surface area is 81.7 Å². The molecule has 0 saturated carbocycles. The first-order valence-electron chi connectivity index (χ1n) is 3.80. The molecule has 0 aliphatic rings. The number of benzene rings is 1. The van der Waals surface area contributed by atoms with Gasteiger partial charge in [0.25, 0.3) is 0 Å². The molecule has 0 amide bonds. The smallest absolute Gasteiger partial charge is 0.175 e. The fraction of sp³-hybridized carbons (Fsp3) is 0.222. The molecule has 0 spiro atoms. The number of halogens is 1. The molecule has 0 aliphatic heterocycles. The highest BCUT2D eigenvalue weighted by molar-refractivity contribution is 7.90. The Balaban J connectivity index is 3.21. The maximum atomic E-state index is 13.2. The van der Waals surface area contributed by atoms with E-state index in [4.69, 9.17) is 5.26 Å². The molecule has 0 aromatic heterocycles. The summed E-state index contributed by atoms with van der Waals surface area (Å²) in [6, 6.07) is 5.34. The summed E-state index contributed by atoms with van der Waals surface area (Å²) in [4.78, 5) is -0.0725. The first-order valence-corrected chi connectivity index (χ1v) is 5.69. The predicted octanol–water partition coefficient (Wildman–Crippen LogP) is 1.30. The van der Waals surface area contributed by atoms with Crippen LogP contribution in [-0.2, 0) is 16.3 Å². The Kier molecular flexibility index (Phi) is 2.87. The van der Waals surface area contributed by atoms with Crippen molar-refractivity contribution in [1.29, 1.82) is 5.26 Å². The van der Waals surface area contributed by atoms with Crippen LogP contribution in [0.2, 0.25) is 0 Å². The van der Waals surface area contributed by atoms with Crippen molar-refractivity contribution in [2.75, 3.05) is 6.26 Å². The van der Waals surface area contributed by atoms with E-state index in [-0.39, 0.29) is 16.9 Å². The van der Waals surface area contributed by atoms with Crippen LogP contribution in [0.5, 0.6) is 0 Å². The van der Waals surface area contributed by atoms with Gasteiger partial charge >= 0.3 is 0 Å². The molecule has 14 heavy (non-hydrogen) atoms. The molecule has 0 fully saturated rings. The second-order valence-corrected chi connectivity index (χ2v) is 4.88. The second-order valence-electron chi connectivity index (χ2n) is 2.86. The van der Waals surface area contributed by atoms with Crippen molar-refractivity contribution in [3.05, 3.63) is 29.6 Å². The summed E-state index contributed by atoms with van der Waals surface area (Å²) >= 11 is 0. The van der Waals surface area contributed by atoms with E-state index >= 15 is 0 Å². The molecular weight excluding hydrogens is 205 g/mol. The minimum Gasteiger partial charge on any atom is -0.224 e. The number of rotatable bonds is 2. The lowest BCUT2D eigenvalue weighted by atomic mass is 10.1. The van der Waals surface area contributed by atoms with Gasteiger partial charge in [0.2, 0.25) is 0 Å². The average Bonchev–Trinajstić information content (AvgIpc) is 2.07. The van der Waals surface area contributed by atoms with Crippen molar-refractivity contribution in [3.8, 4) is 6.07 Å². The summed E-state index contributed by atoms with van der Waals surface area (Å²) in [6.07, 6.45) is 0.946. The molecule has 5 heteroatoms. The van der Waals surface area contributed by atoms with Crippen LogP contribution in [0.15, 0.2) is 23.1 Å². The number of sulfone groups is 1. The first-order chi connectivity index (χ1) is 6.45. The Bertz CT molecular complexity index is 488. The molecule has 74 valence electrons. The molecule has 0 aliphatic carbocycles. The van der Waals surface area contributed by atoms with Gasteiger partial charge < -0.3 is 0 Å². The van der Waals surface area contributed by atoms with E-state index in [2.05, 4.69) is 0 Å². The third kappa shape index (κ3) is 2.30. The largest absolute Gasteiger partial charge is 0.224 e. The van der Waals surface area contributed by atoms with Crippen LogP contribution in [0.1, 0.15) is 5.56 Å². The molecule has 1 aromatic carbocycles. The number of hydrogen-bond donors (Lipinski definition) is 0. The van der Waals surface area contributed by atoms with Gasteiger partial charge in [0, 0.05) is 11.8 Å². The van der Waals surface area contributed by atoms with Crippen LogP contribution in [0, 0.1) is 17.1 Å². The van der Waals surface area contributed by atoms with Crippen LogP contribution >= 0.6 is 0 Å². The van der Waals surface area contributed by atoms with E-state index in [1.54, 1.807) is 6.07 Å². The molecule has 3 nitrogen and oxygen atoms in total. The van der Waals surface area contributed by atoms with E-state index < -0.39 is 15.7 Å². The van der Waals surface area contributed by atoms with Crippen LogP contribution in [-0.4, -0.2) is 14.7 Å². The lowest BCUT2D eigenvalue weighted by molar-refractivity contribution is 0.592. The lowest BCUT2D eigenvalue weighted by Crippen LogP contribution is -1.99. The van der Waals surface area contributed by atoms with Crippen molar-refractivity contribution < 1.29 is 12.8 Å². The number of nitriles is 1. The number of nitrogens with zero attached hydrogens (tertiary/aromatic N) is 1. The second kappa shape index (κ2) is 3.76. The van der Waals surface area contributed by atoms with Gasteiger partial charge in [-0.15, -0.1) is 0 Å². The standard InChI is InChI=1S/C9H8FNO2S/c1-14(12,13)8-3-2-7(4-5-11)9(10)6-8/h2-3,6H,4H2,1H3. The third-order valence-electron chi connectivity index (χ3n) is 1.72. The molecule has 0 heterocycles. The zero-order valence-corrected chi connectivity index (χ0v) is 8.31. The predicted molar refractivity (Wildman–Crippen MR) is 48.8 cm³/mol. The Hall–Kier alpha value is -1.41. The van der Waals surface area contributed by atoms with E-state index in [1.807, 2.05) is 0 Å². The molecule has 0 unspecified atom stereocenters. The fourth-order valence-corrected chi connectivity index (χ4v) is 1.62. The summed E-state index contributed by atoms with van der Waals surface area (Å²) in [7, 11) is -3.38. The van der Waals surface area contributed by atoms with Gasteiger partial charge in [0.15, 0.2) is 9.84 Å². The SMILES string of the molecule is CS(=O)(=O)c1ccc(CC#N)c(F)c1. The molecule has 0 atom stereocenters. The van der Waals surface area contributed by atoms with Crippen LogP contribution in [0.3, 0.4) is 0 Å². The summed E-state index contributed by atoms with van der Waals surface area (Å²) in [5.41, 5.74) is 0.208. The van der Waals surface area contributed by atoms with Gasteiger partial charge in [-0.05, 0) is 12.1 Å². The normalized spacial score (nSPS) is 10.9. The fourth-order valence-electron chi connectivity index (χ4n) is 0.987. The van der Waals surface area contributed by atoms with Gasteiger partial charge in [-0.1, -0.05) is 6.07 Å². The monoisotopic (exact) mass is 213 g/mol. The average molecular weight is 213 g/mol. The van der Waals surface area contributed by atoms with Gasteiger partial charge in [-0.3, -0.25) is 0 Å². The summed E-state index contributed by atoms with van der Waals surface area (Å²) in [6.45, 7) is 0. The van der Waals surface area contributed by atoms with E-state index in [0.29, 0.717) is 0 Å². The van der Waals surface area contributed by atoms with Crippen LogP contribution < -0.4 is 0 Å². The third-order valence-corrected chi connectivity index (χ3v) is 2.83. The first kappa shape index (κ1) is 10.7. The van der Waals surface area contributed by atoms with Crippen molar-refractivity contribution >= 4 is 9.84 Å². The molecule has 0 saturated heterocycles. The van der Waals surface area contributed by atoms with Gasteiger partial charge in [0.1, 0.15) is 5.82 Å². The molecule has 1 aromatic rings. The Morgan fingerprint density at radius 2 is 2.14 bits per heavy atom. The van der Waals surface area contributed by atoms with Crippen molar-refractivity contribution in [2.24, 2.45) is 0 Å². The quantitative estimate of drug-likeness (QED) is 0.743. The zero-order valence-electron chi connectivity index (χ0n) is 7.49. The van der Waals surface area contributed by atoms with Gasteiger partial charge in [-0.25, -0.2) is 12.8 Å². The maximum absolute atomic E-state index is 13.2. The van der Waals surface area contributed by atoms with E-state index in [1.165, 1.54) is 12.1 Å². The summed E-state index contributed by atoms with van der Waals surface area (Å²) in [5.74, 6) is -0.658. The van der Waals surface area contributed by atoms with Crippen LogP contribution in [0.25, 0.3) is 0 Å². The maximum Gasteiger partial charge on any atom is 0.175 e. The molecular formula is C9H8FNO2S. The Morgan fingerprint density at radius 3 is 2.57 bits per heavy atom. The van der Waals surface area contributed by atoms with Crippen molar-refractivity contribution in [1.82, 2.24) is 0 Å². The lowest BCUT2D eigenvalue weighted by Gasteiger charge is -2.01. The van der Waals surface area contributed by atoms with E-state index in [0.717, 1.165) is 12.3 Å².